The van der Waals surface area contributed by atoms with Gasteiger partial charge in [0.25, 0.3) is 0 Å². The van der Waals surface area contributed by atoms with Gasteiger partial charge in [-0.3, -0.25) is 19.6 Å². The number of piperidine rings is 2. The molecule has 0 amide bonds. The second kappa shape index (κ2) is 12.6. The number of aromatic nitrogens is 2. The van der Waals surface area contributed by atoms with Crippen LogP contribution in [-0.2, 0) is 28.9 Å². The number of pyridine rings is 2. The van der Waals surface area contributed by atoms with Crippen LogP contribution >= 0.6 is 0 Å². The van der Waals surface area contributed by atoms with Crippen LogP contribution in [0.3, 0.4) is 0 Å². The van der Waals surface area contributed by atoms with E-state index in [0.717, 1.165) is 90.5 Å². The maximum Gasteiger partial charge on any atom is 0.179 e. The Labute approximate surface area is 280 Å². The van der Waals surface area contributed by atoms with E-state index in [-0.39, 0.29) is 26.8 Å². The SMILES string of the molecule is C.C=Cc1cc2c(cn1)CC(=O)C(C#N)=C2N1CCC2(CC1)CC2.CCc1cc2c(cn1)CC(=O)C(C#N)=C2N1CCC2(CC1)CC2.[HH]. The minimum Gasteiger partial charge on any atom is -0.370 e. The van der Waals surface area contributed by atoms with Crippen molar-refractivity contribution in [2.45, 2.75) is 85.0 Å². The average Bonchev–Trinajstić information content (AvgIpc) is 4.02. The van der Waals surface area contributed by atoms with E-state index in [1.165, 1.54) is 38.5 Å². The number of rotatable bonds is 4. The first-order chi connectivity index (χ1) is 22.3. The van der Waals surface area contributed by atoms with E-state index in [0.29, 0.717) is 28.4 Å². The van der Waals surface area contributed by atoms with E-state index in [1.54, 1.807) is 12.3 Å². The van der Waals surface area contributed by atoms with Crippen molar-refractivity contribution in [3.63, 3.8) is 0 Å². The number of hydrogen-bond donors (Lipinski definition) is 0. The van der Waals surface area contributed by atoms with E-state index in [9.17, 15) is 20.1 Å². The first-order valence-corrected chi connectivity index (χ1v) is 16.8. The average molecular weight is 631 g/mol. The van der Waals surface area contributed by atoms with E-state index in [1.807, 2.05) is 12.3 Å². The number of ketones is 2. The van der Waals surface area contributed by atoms with E-state index in [2.05, 4.69) is 51.5 Å². The highest BCUT2D eigenvalue weighted by atomic mass is 16.1. The molecule has 0 atom stereocenters. The molecule has 0 radical (unpaired) electrons. The third kappa shape index (κ3) is 6.02. The summed E-state index contributed by atoms with van der Waals surface area (Å²) in [5.74, 6) is -0.150. The Hall–Kier alpha value is -4.56. The first-order valence-electron chi connectivity index (χ1n) is 16.8. The summed E-state index contributed by atoms with van der Waals surface area (Å²) in [6, 6.07) is 8.38. The van der Waals surface area contributed by atoms with Crippen LogP contribution in [-0.4, -0.2) is 57.5 Å². The number of Topliss-reactive ketones (excluding diaryl/α,β-unsaturated/α-hetero) is 2. The molecule has 8 nitrogen and oxygen atoms in total. The minimum absolute atomic E-state index is 0. The highest BCUT2D eigenvalue weighted by Crippen LogP contribution is 2.55. The zero-order chi connectivity index (χ0) is 32.1. The normalized spacial score (nSPS) is 21.5. The predicted octanol–water partition coefficient (Wildman–Crippen LogP) is 6.72. The Bertz CT molecular complexity index is 1780. The van der Waals surface area contributed by atoms with E-state index < -0.39 is 0 Å². The molecule has 2 spiro atoms. The molecule has 0 aromatic carbocycles. The maximum absolute atomic E-state index is 12.4. The lowest BCUT2D eigenvalue weighted by Crippen LogP contribution is -2.36. The Kier molecular flexibility index (Phi) is 8.66. The third-order valence-corrected chi connectivity index (χ3v) is 11.3. The van der Waals surface area contributed by atoms with Crippen molar-refractivity contribution < 1.29 is 11.0 Å². The Morgan fingerprint density at radius 3 is 1.64 bits per heavy atom. The van der Waals surface area contributed by atoms with E-state index in [4.69, 9.17) is 0 Å². The number of likely N-dealkylation sites (tertiary alicyclic amines) is 2. The van der Waals surface area contributed by atoms with Crippen molar-refractivity contribution in [2.75, 3.05) is 26.2 Å². The molecule has 2 aliphatic heterocycles. The number of carbonyl (C=O) groups is 2. The van der Waals surface area contributed by atoms with Crippen LogP contribution < -0.4 is 0 Å². The summed E-state index contributed by atoms with van der Waals surface area (Å²) in [4.78, 5) is 38.0. The highest BCUT2D eigenvalue weighted by Gasteiger charge is 2.46. The van der Waals surface area contributed by atoms with Gasteiger partial charge in [-0.15, -0.1) is 0 Å². The molecule has 0 bridgehead atoms. The smallest absolute Gasteiger partial charge is 0.179 e. The first kappa shape index (κ1) is 32.4. The van der Waals surface area contributed by atoms with Gasteiger partial charge >= 0.3 is 0 Å². The second-order valence-electron chi connectivity index (χ2n) is 14.0. The summed E-state index contributed by atoms with van der Waals surface area (Å²) in [5, 5.41) is 19.1. The van der Waals surface area contributed by atoms with Crippen LogP contribution in [0.5, 0.6) is 0 Å². The molecule has 4 aliphatic carbocycles. The van der Waals surface area contributed by atoms with Gasteiger partial charge in [0, 0.05) is 69.7 Å². The molecule has 6 aliphatic rings. The van der Waals surface area contributed by atoms with Crippen molar-refractivity contribution in [3.05, 3.63) is 75.9 Å². The molecule has 4 fully saturated rings. The molecular weight excluding hydrogens is 584 g/mol. The fourth-order valence-electron chi connectivity index (χ4n) is 7.76. The van der Waals surface area contributed by atoms with Gasteiger partial charge in [-0.05, 0) is 98.0 Å². The van der Waals surface area contributed by atoms with Gasteiger partial charge in [-0.1, -0.05) is 20.9 Å². The Balaban J connectivity index is 0.000000180. The summed E-state index contributed by atoms with van der Waals surface area (Å²) in [6.45, 7) is 9.62. The highest BCUT2D eigenvalue weighted by molar-refractivity contribution is 6.10. The lowest BCUT2D eigenvalue weighted by atomic mass is 9.86. The van der Waals surface area contributed by atoms with Gasteiger partial charge in [0.05, 0.1) is 17.1 Å². The standard InChI is InChI=1S/C19H21N3O.C19H19N3O.CH4.H2/c2*1-2-14-10-15-13(12-21-14)9-17(23)16(11-20)18(15)22-7-5-19(3-4-19)6-8-22;;/h10,12H,2-9H2,1H3;2,10,12H,1,3-9H2;1H4;1H. The molecular formula is C39H46N6O2. The van der Waals surface area contributed by atoms with Gasteiger partial charge in [0.15, 0.2) is 11.6 Å². The number of aryl methyl sites for hydroxylation is 1. The Morgan fingerprint density at radius 2 is 1.23 bits per heavy atom. The quantitative estimate of drug-likeness (QED) is 0.366. The number of nitrogens with zero attached hydrogens (tertiary/aromatic N) is 6. The third-order valence-electron chi connectivity index (χ3n) is 11.3. The van der Waals surface area contributed by atoms with Gasteiger partial charge in [-0.25, -0.2) is 0 Å². The molecule has 4 heterocycles. The summed E-state index contributed by atoms with van der Waals surface area (Å²) in [6.07, 6.45) is 16.8. The molecule has 8 heteroatoms. The second-order valence-corrected chi connectivity index (χ2v) is 14.0. The van der Waals surface area contributed by atoms with Gasteiger partial charge in [-0.2, -0.15) is 10.5 Å². The number of fused-ring (bicyclic) bond motifs is 2. The molecule has 2 aromatic heterocycles. The lowest BCUT2D eigenvalue weighted by molar-refractivity contribution is -0.115. The van der Waals surface area contributed by atoms with E-state index >= 15 is 0 Å². The number of hydrogen-bond acceptors (Lipinski definition) is 8. The molecule has 8 rings (SSSR count). The summed E-state index contributed by atoms with van der Waals surface area (Å²) < 4.78 is 0. The molecule has 244 valence electrons. The maximum atomic E-state index is 12.4. The molecule has 2 saturated carbocycles. The van der Waals surface area contributed by atoms with Gasteiger partial charge in [0.2, 0.25) is 0 Å². The zero-order valence-corrected chi connectivity index (χ0v) is 26.7. The molecule has 0 unspecified atom stereocenters. The molecule has 0 N–H and O–H groups in total. The van der Waals surface area contributed by atoms with Crippen LogP contribution in [0.15, 0.2) is 42.3 Å². The summed E-state index contributed by atoms with van der Waals surface area (Å²) in [5.41, 5.74) is 9.21. The van der Waals surface area contributed by atoms with Crippen molar-refractivity contribution in [1.29, 1.82) is 10.5 Å². The van der Waals surface area contributed by atoms with Crippen molar-refractivity contribution in [1.82, 2.24) is 19.8 Å². The predicted molar refractivity (Wildman–Crippen MR) is 184 cm³/mol. The fraction of sp³-hybridized carbons (Fsp3) is 0.487. The molecule has 2 saturated heterocycles. The van der Waals surface area contributed by atoms with Gasteiger partial charge in [0.1, 0.15) is 23.3 Å². The largest absolute Gasteiger partial charge is 0.370 e. The monoisotopic (exact) mass is 630 g/mol. The summed E-state index contributed by atoms with van der Waals surface area (Å²) in [7, 11) is 0. The van der Waals surface area contributed by atoms with Crippen LogP contribution in [0, 0.1) is 33.5 Å². The van der Waals surface area contributed by atoms with Crippen LogP contribution in [0.1, 0.15) is 101 Å². The van der Waals surface area contributed by atoms with Crippen molar-refractivity contribution >= 4 is 29.0 Å². The van der Waals surface area contributed by atoms with Crippen molar-refractivity contribution in [2.24, 2.45) is 10.8 Å². The lowest BCUT2D eigenvalue weighted by Gasteiger charge is -2.37. The van der Waals surface area contributed by atoms with Crippen LogP contribution in [0.2, 0.25) is 0 Å². The summed E-state index contributed by atoms with van der Waals surface area (Å²) >= 11 is 0. The Morgan fingerprint density at radius 1 is 0.787 bits per heavy atom. The number of nitriles is 2. The number of allylic oxidation sites excluding steroid dienone is 2. The number of carbonyl (C=O) groups excluding carboxylic acids is 2. The topological polar surface area (TPSA) is 114 Å². The van der Waals surface area contributed by atoms with Crippen molar-refractivity contribution in [3.8, 4) is 12.1 Å². The molecule has 47 heavy (non-hydrogen) atoms. The minimum atomic E-state index is -0.0881. The molecule has 2 aromatic rings. The van der Waals surface area contributed by atoms with Gasteiger partial charge < -0.3 is 9.80 Å². The zero-order valence-electron chi connectivity index (χ0n) is 26.7. The van der Waals surface area contributed by atoms with Crippen LogP contribution in [0.25, 0.3) is 17.5 Å². The fourth-order valence-corrected chi connectivity index (χ4v) is 7.76. The van der Waals surface area contributed by atoms with Crippen LogP contribution in [0.4, 0.5) is 0 Å².